The molecule has 1 heteroatoms. The van der Waals surface area contributed by atoms with Gasteiger partial charge in [0.05, 0.1) is 0 Å². The molecule has 2 aliphatic rings. The summed E-state index contributed by atoms with van der Waals surface area (Å²) in [4.78, 5) is 0. The SMILES string of the molecule is CC(=CC(O)=C1C=CC=C1)C1C=CC=C1. The Balaban J connectivity index is 2.19. The van der Waals surface area contributed by atoms with E-state index < -0.39 is 0 Å². The normalized spacial score (nSPS) is 19.5. The fourth-order valence-electron chi connectivity index (χ4n) is 1.68. The van der Waals surface area contributed by atoms with Gasteiger partial charge in [-0.2, -0.15) is 0 Å². The molecule has 15 heavy (non-hydrogen) atoms. The predicted molar refractivity (Wildman–Crippen MR) is 63.5 cm³/mol. The maximum atomic E-state index is 9.83. The molecule has 2 rings (SSSR count). The molecule has 1 N–H and O–H groups in total. The van der Waals surface area contributed by atoms with Crippen molar-refractivity contribution in [1.82, 2.24) is 0 Å². The van der Waals surface area contributed by atoms with E-state index in [0.29, 0.717) is 11.7 Å². The number of rotatable bonds is 2. The second-order valence-corrected chi connectivity index (χ2v) is 3.74. The highest BCUT2D eigenvalue weighted by Gasteiger charge is 2.07. The Morgan fingerprint density at radius 2 is 1.73 bits per heavy atom. The minimum Gasteiger partial charge on any atom is -0.507 e. The lowest BCUT2D eigenvalue weighted by Gasteiger charge is -2.06. The third-order valence-corrected chi connectivity index (χ3v) is 2.60. The third-order valence-electron chi connectivity index (χ3n) is 2.60. The van der Waals surface area contributed by atoms with Crippen molar-refractivity contribution in [3.63, 3.8) is 0 Å². The van der Waals surface area contributed by atoms with Crippen molar-refractivity contribution in [3.05, 3.63) is 71.6 Å². The van der Waals surface area contributed by atoms with Crippen LogP contribution in [0.4, 0.5) is 0 Å². The van der Waals surface area contributed by atoms with Crippen LogP contribution in [0.3, 0.4) is 0 Å². The molecule has 0 aromatic heterocycles. The van der Waals surface area contributed by atoms with Crippen LogP contribution in [0.15, 0.2) is 71.6 Å². The largest absolute Gasteiger partial charge is 0.507 e. The van der Waals surface area contributed by atoms with Crippen molar-refractivity contribution >= 4 is 0 Å². The second-order valence-electron chi connectivity index (χ2n) is 3.74. The number of aliphatic hydroxyl groups excluding tert-OH is 1. The van der Waals surface area contributed by atoms with Gasteiger partial charge in [0.15, 0.2) is 0 Å². The minimum atomic E-state index is 0.335. The van der Waals surface area contributed by atoms with Gasteiger partial charge in [-0.3, -0.25) is 0 Å². The van der Waals surface area contributed by atoms with E-state index in [1.54, 1.807) is 0 Å². The van der Waals surface area contributed by atoms with Gasteiger partial charge in [-0.25, -0.2) is 0 Å². The summed E-state index contributed by atoms with van der Waals surface area (Å²) >= 11 is 0. The zero-order chi connectivity index (χ0) is 10.7. The van der Waals surface area contributed by atoms with Crippen LogP contribution in [0.1, 0.15) is 6.92 Å². The maximum Gasteiger partial charge on any atom is 0.122 e. The van der Waals surface area contributed by atoms with Crippen molar-refractivity contribution < 1.29 is 5.11 Å². The van der Waals surface area contributed by atoms with Crippen molar-refractivity contribution in [2.75, 3.05) is 0 Å². The Labute approximate surface area is 90.1 Å². The minimum absolute atomic E-state index is 0.335. The molecular formula is C14H14O. The predicted octanol–water partition coefficient (Wildman–Crippen LogP) is 3.61. The number of hydrogen-bond acceptors (Lipinski definition) is 1. The molecule has 0 amide bonds. The van der Waals surface area contributed by atoms with Crippen molar-refractivity contribution in [2.24, 2.45) is 5.92 Å². The van der Waals surface area contributed by atoms with Gasteiger partial charge in [-0.05, 0) is 13.0 Å². The van der Waals surface area contributed by atoms with E-state index >= 15 is 0 Å². The van der Waals surface area contributed by atoms with Gasteiger partial charge in [0.2, 0.25) is 0 Å². The van der Waals surface area contributed by atoms with Crippen LogP contribution in [-0.2, 0) is 0 Å². The summed E-state index contributed by atoms with van der Waals surface area (Å²) in [6.45, 7) is 2.03. The number of allylic oxidation sites excluding steroid dienone is 11. The standard InChI is InChI=1S/C14H14O/c1-11(12-6-2-3-7-12)10-14(15)13-8-4-5-9-13/h2-10,12,15H,1H3. The summed E-state index contributed by atoms with van der Waals surface area (Å²) in [5, 5.41) is 9.83. The third kappa shape index (κ3) is 2.18. The molecule has 1 nitrogen and oxygen atoms in total. The Bertz CT molecular complexity index is 402. The molecule has 0 saturated carbocycles. The highest BCUT2D eigenvalue weighted by molar-refractivity contribution is 5.45. The first-order valence-electron chi connectivity index (χ1n) is 5.08. The van der Waals surface area contributed by atoms with Gasteiger partial charge in [0.25, 0.3) is 0 Å². The molecule has 0 unspecified atom stereocenters. The first-order chi connectivity index (χ1) is 7.27. The molecule has 0 saturated heterocycles. The summed E-state index contributed by atoms with van der Waals surface area (Å²) < 4.78 is 0. The van der Waals surface area contributed by atoms with E-state index in [1.165, 1.54) is 0 Å². The van der Waals surface area contributed by atoms with Crippen LogP contribution in [-0.4, -0.2) is 5.11 Å². The van der Waals surface area contributed by atoms with Gasteiger partial charge >= 0.3 is 0 Å². The van der Waals surface area contributed by atoms with Crippen molar-refractivity contribution in [1.29, 1.82) is 0 Å². The molecule has 0 radical (unpaired) electrons. The smallest absolute Gasteiger partial charge is 0.122 e. The summed E-state index contributed by atoms with van der Waals surface area (Å²) in [6.07, 6.45) is 17.8. The highest BCUT2D eigenvalue weighted by atomic mass is 16.3. The van der Waals surface area contributed by atoms with Crippen LogP contribution >= 0.6 is 0 Å². The van der Waals surface area contributed by atoms with Crippen LogP contribution in [0.5, 0.6) is 0 Å². The molecule has 2 aliphatic carbocycles. The van der Waals surface area contributed by atoms with Crippen LogP contribution < -0.4 is 0 Å². The van der Waals surface area contributed by atoms with Gasteiger partial charge in [-0.1, -0.05) is 54.2 Å². The average Bonchev–Trinajstić information content (AvgIpc) is 2.91. The first kappa shape index (κ1) is 9.78. The number of aliphatic hydroxyl groups is 1. The molecule has 0 fully saturated rings. The quantitative estimate of drug-likeness (QED) is 0.672. The zero-order valence-corrected chi connectivity index (χ0v) is 8.72. The van der Waals surface area contributed by atoms with E-state index in [4.69, 9.17) is 0 Å². The van der Waals surface area contributed by atoms with Crippen molar-refractivity contribution in [2.45, 2.75) is 6.92 Å². The number of hydrogen-bond donors (Lipinski definition) is 1. The summed E-state index contributed by atoms with van der Waals surface area (Å²) in [5.41, 5.74) is 2.03. The molecule has 0 bridgehead atoms. The lowest BCUT2D eigenvalue weighted by Crippen LogP contribution is -1.93. The first-order valence-corrected chi connectivity index (χ1v) is 5.08. The maximum absolute atomic E-state index is 9.83. The molecule has 76 valence electrons. The highest BCUT2D eigenvalue weighted by Crippen LogP contribution is 2.21. The molecule has 0 heterocycles. The van der Waals surface area contributed by atoms with Gasteiger partial charge in [0.1, 0.15) is 5.76 Å². The van der Waals surface area contributed by atoms with Gasteiger partial charge in [0, 0.05) is 11.5 Å². The zero-order valence-electron chi connectivity index (χ0n) is 8.72. The van der Waals surface area contributed by atoms with Gasteiger partial charge < -0.3 is 5.11 Å². The Morgan fingerprint density at radius 3 is 2.33 bits per heavy atom. The van der Waals surface area contributed by atoms with E-state index in [1.807, 2.05) is 49.5 Å². The summed E-state index contributed by atoms with van der Waals surface area (Å²) in [6, 6.07) is 0. The topological polar surface area (TPSA) is 20.2 Å². The monoisotopic (exact) mass is 198 g/mol. The van der Waals surface area contributed by atoms with E-state index in [2.05, 4.69) is 12.2 Å². The van der Waals surface area contributed by atoms with Gasteiger partial charge in [-0.15, -0.1) is 0 Å². The fourth-order valence-corrected chi connectivity index (χ4v) is 1.68. The van der Waals surface area contributed by atoms with Crippen molar-refractivity contribution in [3.8, 4) is 0 Å². The Kier molecular flexibility index (Phi) is 2.72. The fraction of sp³-hybridized carbons (Fsp3) is 0.143. The van der Waals surface area contributed by atoms with Crippen LogP contribution in [0.2, 0.25) is 0 Å². The lowest BCUT2D eigenvalue weighted by atomic mass is 10.0. The van der Waals surface area contributed by atoms with E-state index in [-0.39, 0.29) is 0 Å². The molecule has 0 aromatic carbocycles. The van der Waals surface area contributed by atoms with E-state index in [0.717, 1.165) is 11.1 Å². The van der Waals surface area contributed by atoms with Crippen LogP contribution in [0, 0.1) is 5.92 Å². The Morgan fingerprint density at radius 1 is 1.13 bits per heavy atom. The Hall–Kier alpha value is -1.76. The molecule has 0 spiro atoms. The van der Waals surface area contributed by atoms with Crippen LogP contribution in [0.25, 0.3) is 0 Å². The molecule has 0 atom stereocenters. The lowest BCUT2D eigenvalue weighted by molar-refractivity contribution is 0.428. The van der Waals surface area contributed by atoms with E-state index in [9.17, 15) is 5.11 Å². The summed E-state index contributed by atoms with van der Waals surface area (Å²) in [7, 11) is 0. The molecule has 0 aromatic rings. The molecule has 0 aliphatic heterocycles. The second kappa shape index (κ2) is 4.18. The average molecular weight is 198 g/mol. The summed E-state index contributed by atoms with van der Waals surface area (Å²) in [5.74, 6) is 0.674. The molecular weight excluding hydrogens is 184 g/mol.